The zero-order chi connectivity index (χ0) is 9.84. The van der Waals surface area contributed by atoms with E-state index in [0.29, 0.717) is 6.54 Å². The summed E-state index contributed by atoms with van der Waals surface area (Å²) in [6, 6.07) is -0.392. The summed E-state index contributed by atoms with van der Waals surface area (Å²) < 4.78 is 15.0. The van der Waals surface area contributed by atoms with Crippen LogP contribution >= 0.6 is 0 Å². The molecule has 1 fully saturated rings. The fraction of sp³-hybridized carbons (Fsp3) is 0.875. The van der Waals surface area contributed by atoms with Crippen LogP contribution in [0.25, 0.3) is 0 Å². The number of rotatable bonds is 2. The van der Waals surface area contributed by atoms with Gasteiger partial charge in [0.1, 0.15) is 6.04 Å². The van der Waals surface area contributed by atoms with E-state index in [1.54, 1.807) is 14.0 Å². The Bertz CT molecular complexity index is 185. The minimum Gasteiger partial charge on any atom is -0.468 e. The highest BCUT2D eigenvalue weighted by Gasteiger charge is 2.33. The van der Waals surface area contributed by atoms with Gasteiger partial charge in [0, 0.05) is 13.7 Å². The SMILES string of the molecule is COC(=O)[C@H]1NC[C@H](OC)O[C@@H]1C. The van der Waals surface area contributed by atoms with E-state index in [1.165, 1.54) is 7.11 Å². The molecule has 0 aromatic carbocycles. The summed E-state index contributed by atoms with van der Waals surface area (Å²) in [5, 5.41) is 3.00. The first-order chi connectivity index (χ1) is 6.19. The topological polar surface area (TPSA) is 56.8 Å². The van der Waals surface area contributed by atoms with Crippen molar-refractivity contribution in [1.29, 1.82) is 0 Å². The molecule has 1 N–H and O–H groups in total. The number of hydrogen-bond donors (Lipinski definition) is 1. The Kier molecular flexibility index (Phi) is 3.65. The third-order valence-corrected chi connectivity index (χ3v) is 2.06. The van der Waals surface area contributed by atoms with Crippen LogP contribution in [0, 0.1) is 0 Å². The fourth-order valence-electron chi connectivity index (χ4n) is 1.30. The van der Waals surface area contributed by atoms with Gasteiger partial charge in [-0.15, -0.1) is 0 Å². The zero-order valence-electron chi connectivity index (χ0n) is 8.07. The van der Waals surface area contributed by atoms with Gasteiger partial charge in [0.25, 0.3) is 0 Å². The molecule has 0 aromatic heterocycles. The summed E-state index contributed by atoms with van der Waals surface area (Å²) in [4.78, 5) is 11.2. The molecule has 3 atom stereocenters. The van der Waals surface area contributed by atoms with Gasteiger partial charge in [-0.25, -0.2) is 0 Å². The number of morpholine rings is 1. The van der Waals surface area contributed by atoms with E-state index in [-0.39, 0.29) is 18.4 Å². The van der Waals surface area contributed by atoms with Gasteiger partial charge in [0.05, 0.1) is 13.2 Å². The molecule has 1 saturated heterocycles. The number of ether oxygens (including phenoxy) is 3. The van der Waals surface area contributed by atoms with E-state index in [2.05, 4.69) is 10.1 Å². The van der Waals surface area contributed by atoms with Crippen LogP contribution in [0.3, 0.4) is 0 Å². The van der Waals surface area contributed by atoms with Crippen LogP contribution in [0.4, 0.5) is 0 Å². The van der Waals surface area contributed by atoms with Gasteiger partial charge in [0.15, 0.2) is 6.29 Å². The molecule has 13 heavy (non-hydrogen) atoms. The Hall–Kier alpha value is -0.650. The van der Waals surface area contributed by atoms with Crippen molar-refractivity contribution in [3.8, 4) is 0 Å². The molecule has 0 bridgehead atoms. The van der Waals surface area contributed by atoms with Gasteiger partial charge in [-0.05, 0) is 6.92 Å². The maximum Gasteiger partial charge on any atom is 0.325 e. The third kappa shape index (κ3) is 2.40. The lowest BCUT2D eigenvalue weighted by Crippen LogP contribution is -2.55. The monoisotopic (exact) mass is 189 g/mol. The van der Waals surface area contributed by atoms with Crippen molar-refractivity contribution in [3.63, 3.8) is 0 Å². The van der Waals surface area contributed by atoms with Gasteiger partial charge in [-0.3, -0.25) is 10.1 Å². The summed E-state index contributed by atoms with van der Waals surface area (Å²) in [6.45, 7) is 2.31. The summed E-state index contributed by atoms with van der Waals surface area (Å²) in [7, 11) is 2.93. The third-order valence-electron chi connectivity index (χ3n) is 2.06. The molecule has 0 unspecified atom stereocenters. The second kappa shape index (κ2) is 4.55. The molecule has 1 heterocycles. The molecule has 1 aliphatic heterocycles. The predicted octanol–water partition coefficient (Wildman–Crippen LogP) is -0.491. The zero-order valence-corrected chi connectivity index (χ0v) is 8.07. The Labute approximate surface area is 77.3 Å². The normalized spacial score (nSPS) is 34.2. The molecule has 0 aliphatic carbocycles. The highest BCUT2D eigenvalue weighted by molar-refractivity contribution is 5.76. The molecule has 0 amide bonds. The van der Waals surface area contributed by atoms with Gasteiger partial charge >= 0.3 is 5.97 Å². The van der Waals surface area contributed by atoms with Crippen molar-refractivity contribution in [2.24, 2.45) is 0 Å². The number of hydrogen-bond acceptors (Lipinski definition) is 5. The number of carbonyl (C=O) groups is 1. The molecule has 0 radical (unpaired) electrons. The number of esters is 1. The Morgan fingerprint density at radius 3 is 2.69 bits per heavy atom. The quantitative estimate of drug-likeness (QED) is 0.594. The van der Waals surface area contributed by atoms with Gasteiger partial charge < -0.3 is 14.2 Å². The van der Waals surface area contributed by atoms with Crippen molar-refractivity contribution in [2.75, 3.05) is 20.8 Å². The molecular weight excluding hydrogens is 174 g/mol. The molecule has 5 heteroatoms. The van der Waals surface area contributed by atoms with E-state index in [9.17, 15) is 4.79 Å². The number of nitrogens with one attached hydrogen (secondary N) is 1. The van der Waals surface area contributed by atoms with E-state index < -0.39 is 6.04 Å². The van der Waals surface area contributed by atoms with Crippen LogP contribution in [0.5, 0.6) is 0 Å². The van der Waals surface area contributed by atoms with Gasteiger partial charge in [-0.1, -0.05) is 0 Å². The fourth-order valence-corrected chi connectivity index (χ4v) is 1.30. The summed E-state index contributed by atoms with van der Waals surface area (Å²) in [5.41, 5.74) is 0. The van der Waals surface area contributed by atoms with Gasteiger partial charge in [-0.2, -0.15) is 0 Å². The van der Waals surface area contributed by atoms with Crippen molar-refractivity contribution in [3.05, 3.63) is 0 Å². The minimum atomic E-state index is -0.392. The average molecular weight is 189 g/mol. The molecule has 0 saturated carbocycles. The van der Waals surface area contributed by atoms with Gasteiger partial charge in [0.2, 0.25) is 0 Å². The molecule has 5 nitrogen and oxygen atoms in total. The van der Waals surface area contributed by atoms with Crippen molar-refractivity contribution < 1.29 is 19.0 Å². The van der Waals surface area contributed by atoms with Crippen LogP contribution < -0.4 is 5.32 Å². The first kappa shape index (κ1) is 10.4. The first-order valence-electron chi connectivity index (χ1n) is 4.18. The van der Waals surface area contributed by atoms with E-state index in [1.807, 2.05) is 0 Å². The molecule has 1 rings (SSSR count). The van der Waals surface area contributed by atoms with Crippen molar-refractivity contribution in [1.82, 2.24) is 5.32 Å². The average Bonchev–Trinajstić information content (AvgIpc) is 2.16. The maximum atomic E-state index is 11.2. The molecular formula is C8H15NO4. The van der Waals surface area contributed by atoms with Crippen molar-refractivity contribution in [2.45, 2.75) is 25.4 Å². The lowest BCUT2D eigenvalue weighted by Gasteiger charge is -2.33. The van der Waals surface area contributed by atoms with E-state index >= 15 is 0 Å². The standard InChI is InChI=1S/C8H15NO4/c1-5-7(8(10)12-3)9-4-6(11-2)13-5/h5-7,9H,4H2,1-3H3/t5-,6-,7+/m1/s1. The van der Waals surface area contributed by atoms with E-state index in [0.717, 1.165) is 0 Å². The highest BCUT2D eigenvalue weighted by Crippen LogP contribution is 2.10. The molecule has 76 valence electrons. The second-order valence-corrected chi connectivity index (χ2v) is 2.92. The summed E-state index contributed by atoms with van der Waals surface area (Å²) in [5.74, 6) is -0.304. The molecule has 0 spiro atoms. The van der Waals surface area contributed by atoms with Crippen molar-refractivity contribution >= 4 is 5.97 Å². The second-order valence-electron chi connectivity index (χ2n) is 2.92. The van der Waals surface area contributed by atoms with Crippen LogP contribution in [0.2, 0.25) is 0 Å². The molecule has 0 aromatic rings. The predicted molar refractivity (Wildman–Crippen MR) is 45.2 cm³/mol. The van der Waals surface area contributed by atoms with Crippen LogP contribution in [-0.4, -0.2) is 45.2 Å². The number of methoxy groups -OCH3 is 2. The first-order valence-corrected chi connectivity index (χ1v) is 4.18. The Morgan fingerprint density at radius 2 is 2.23 bits per heavy atom. The Balaban J connectivity index is 2.48. The van der Waals surface area contributed by atoms with Crippen LogP contribution in [0.15, 0.2) is 0 Å². The summed E-state index contributed by atoms with van der Waals surface area (Å²) in [6.07, 6.45) is -0.512. The van der Waals surface area contributed by atoms with Crippen LogP contribution in [-0.2, 0) is 19.0 Å². The largest absolute Gasteiger partial charge is 0.468 e. The van der Waals surface area contributed by atoms with Crippen LogP contribution in [0.1, 0.15) is 6.92 Å². The van der Waals surface area contributed by atoms with E-state index in [4.69, 9.17) is 9.47 Å². The lowest BCUT2D eigenvalue weighted by molar-refractivity contribution is -0.188. The lowest BCUT2D eigenvalue weighted by atomic mass is 10.1. The highest BCUT2D eigenvalue weighted by atomic mass is 16.7. The smallest absolute Gasteiger partial charge is 0.325 e. The summed E-state index contributed by atoms with van der Waals surface area (Å²) >= 11 is 0. The Morgan fingerprint density at radius 1 is 1.54 bits per heavy atom. The minimum absolute atomic E-state index is 0.230. The maximum absolute atomic E-state index is 11.2. The molecule has 1 aliphatic rings. The number of carbonyl (C=O) groups excluding carboxylic acids is 1.